The molecule has 26 heavy (non-hydrogen) atoms. The topological polar surface area (TPSA) is 73.6 Å². The molecule has 0 aliphatic carbocycles. The van der Waals surface area contributed by atoms with Gasteiger partial charge in [0, 0.05) is 11.9 Å². The van der Waals surface area contributed by atoms with E-state index < -0.39 is 11.6 Å². The molecule has 2 aromatic carbocycles. The molecule has 1 heterocycles. The fraction of sp³-hybridized carbons (Fsp3) is 0. The maximum Gasteiger partial charge on any atom is 0.229 e. The Hall–Kier alpha value is -2.57. The van der Waals surface area contributed by atoms with Gasteiger partial charge in [-0.2, -0.15) is 10.2 Å². The lowest BCUT2D eigenvalue weighted by atomic mass is 10.2. The summed E-state index contributed by atoms with van der Waals surface area (Å²) in [6.07, 6.45) is 1.47. The van der Waals surface area contributed by atoms with Crippen LogP contribution in [-0.2, 0) is 0 Å². The first-order chi connectivity index (χ1) is 12.5. The summed E-state index contributed by atoms with van der Waals surface area (Å²) in [7, 11) is 0. The fourth-order valence-corrected chi connectivity index (χ4v) is 3.22. The SMILES string of the molecule is N#Cc1ccc(Nc2nccc(Nc3c(F)cc(Br)c(F)c3Br)n2)cc1. The number of hydrogen-bond donors (Lipinski definition) is 2. The molecule has 0 bridgehead atoms. The lowest BCUT2D eigenvalue weighted by Crippen LogP contribution is -2.03. The molecule has 0 aliphatic heterocycles. The first-order valence-corrected chi connectivity index (χ1v) is 8.77. The molecule has 0 aliphatic rings. The minimum Gasteiger partial charge on any atom is -0.337 e. The van der Waals surface area contributed by atoms with Crippen LogP contribution in [0.2, 0.25) is 0 Å². The van der Waals surface area contributed by atoms with E-state index in [9.17, 15) is 8.78 Å². The molecule has 0 amide bonds. The molecule has 0 unspecified atom stereocenters. The van der Waals surface area contributed by atoms with Crippen LogP contribution in [0.25, 0.3) is 0 Å². The molecule has 5 nitrogen and oxygen atoms in total. The van der Waals surface area contributed by atoms with E-state index in [1.54, 1.807) is 24.3 Å². The molecular formula is C17H9Br2F2N5. The van der Waals surface area contributed by atoms with Crippen molar-refractivity contribution in [3.63, 3.8) is 0 Å². The average molecular weight is 481 g/mol. The minimum atomic E-state index is -0.648. The Morgan fingerprint density at radius 3 is 2.46 bits per heavy atom. The first kappa shape index (κ1) is 18.2. The Bertz CT molecular complexity index is 1000. The zero-order valence-electron chi connectivity index (χ0n) is 12.9. The van der Waals surface area contributed by atoms with Crippen LogP contribution in [0, 0.1) is 23.0 Å². The number of rotatable bonds is 4. The van der Waals surface area contributed by atoms with E-state index >= 15 is 0 Å². The third-order valence-corrected chi connectivity index (χ3v) is 4.61. The van der Waals surface area contributed by atoms with Crippen molar-refractivity contribution in [1.29, 1.82) is 5.26 Å². The highest BCUT2D eigenvalue weighted by Crippen LogP contribution is 2.35. The maximum atomic E-state index is 14.1. The Balaban J connectivity index is 1.84. The van der Waals surface area contributed by atoms with Crippen LogP contribution < -0.4 is 10.6 Å². The van der Waals surface area contributed by atoms with Crippen molar-refractivity contribution in [3.8, 4) is 6.07 Å². The second-order valence-electron chi connectivity index (χ2n) is 5.05. The smallest absolute Gasteiger partial charge is 0.229 e. The van der Waals surface area contributed by atoms with Gasteiger partial charge in [-0.25, -0.2) is 13.8 Å². The van der Waals surface area contributed by atoms with E-state index in [1.165, 1.54) is 12.3 Å². The Kier molecular flexibility index (Phi) is 5.44. The molecule has 130 valence electrons. The number of halogens is 4. The van der Waals surface area contributed by atoms with Gasteiger partial charge in [-0.05, 0) is 68.3 Å². The Morgan fingerprint density at radius 1 is 1.04 bits per heavy atom. The molecule has 0 spiro atoms. The number of anilines is 4. The predicted octanol–water partition coefficient (Wildman–Crippen LogP) is 5.64. The summed E-state index contributed by atoms with van der Waals surface area (Å²) >= 11 is 5.98. The molecule has 0 saturated heterocycles. The van der Waals surface area contributed by atoms with Crippen LogP contribution in [0.5, 0.6) is 0 Å². The minimum absolute atomic E-state index is 0.0123. The van der Waals surface area contributed by atoms with Gasteiger partial charge in [0.15, 0.2) is 5.82 Å². The van der Waals surface area contributed by atoms with Gasteiger partial charge in [-0.3, -0.25) is 0 Å². The molecular weight excluding hydrogens is 472 g/mol. The standard InChI is InChI=1S/C17H9Br2F2N5/c18-11-7-12(20)16(14(19)15(11)21)25-13-5-6-23-17(26-13)24-10-3-1-9(8-22)2-4-10/h1-7H,(H2,23,24,25,26). The summed E-state index contributed by atoms with van der Waals surface area (Å²) in [6, 6.07) is 11.3. The van der Waals surface area contributed by atoms with Crippen LogP contribution in [0.1, 0.15) is 5.56 Å². The van der Waals surface area contributed by atoms with Crippen LogP contribution in [-0.4, -0.2) is 9.97 Å². The predicted molar refractivity (Wildman–Crippen MR) is 102 cm³/mol. The molecule has 3 rings (SSSR count). The second-order valence-corrected chi connectivity index (χ2v) is 6.70. The van der Waals surface area contributed by atoms with E-state index in [0.29, 0.717) is 11.3 Å². The highest BCUT2D eigenvalue weighted by Gasteiger charge is 2.16. The average Bonchev–Trinajstić information content (AvgIpc) is 2.64. The van der Waals surface area contributed by atoms with Crippen molar-refractivity contribution in [1.82, 2.24) is 9.97 Å². The normalized spacial score (nSPS) is 10.3. The Labute approximate surface area is 164 Å². The summed E-state index contributed by atoms with van der Waals surface area (Å²) in [5, 5.41) is 14.5. The Morgan fingerprint density at radius 2 is 1.77 bits per heavy atom. The largest absolute Gasteiger partial charge is 0.337 e. The van der Waals surface area contributed by atoms with E-state index in [-0.39, 0.29) is 26.4 Å². The zero-order chi connectivity index (χ0) is 18.7. The fourth-order valence-electron chi connectivity index (χ4n) is 2.05. The molecule has 2 N–H and O–H groups in total. The lowest BCUT2D eigenvalue weighted by Gasteiger charge is -2.12. The number of nitriles is 1. The van der Waals surface area contributed by atoms with E-state index in [4.69, 9.17) is 5.26 Å². The first-order valence-electron chi connectivity index (χ1n) is 7.18. The van der Waals surface area contributed by atoms with Crippen LogP contribution in [0.15, 0.2) is 51.5 Å². The van der Waals surface area contributed by atoms with Crippen molar-refractivity contribution >= 4 is 55.0 Å². The van der Waals surface area contributed by atoms with Gasteiger partial charge in [0.05, 0.1) is 26.3 Å². The molecule has 0 radical (unpaired) electrons. The molecule has 0 saturated carbocycles. The number of aromatic nitrogens is 2. The van der Waals surface area contributed by atoms with Gasteiger partial charge < -0.3 is 10.6 Å². The van der Waals surface area contributed by atoms with Crippen molar-refractivity contribution in [2.24, 2.45) is 0 Å². The number of benzene rings is 2. The van der Waals surface area contributed by atoms with Gasteiger partial charge in [-0.15, -0.1) is 0 Å². The van der Waals surface area contributed by atoms with Crippen LogP contribution in [0.3, 0.4) is 0 Å². The summed E-state index contributed by atoms with van der Waals surface area (Å²) < 4.78 is 28.0. The number of hydrogen-bond acceptors (Lipinski definition) is 5. The molecule has 0 atom stereocenters. The highest BCUT2D eigenvalue weighted by atomic mass is 79.9. The van der Waals surface area contributed by atoms with Crippen molar-refractivity contribution < 1.29 is 8.78 Å². The highest BCUT2D eigenvalue weighted by molar-refractivity contribution is 9.11. The third kappa shape index (κ3) is 3.98. The van der Waals surface area contributed by atoms with E-state index in [2.05, 4.69) is 52.5 Å². The monoisotopic (exact) mass is 479 g/mol. The van der Waals surface area contributed by atoms with E-state index in [1.807, 2.05) is 6.07 Å². The van der Waals surface area contributed by atoms with Crippen LogP contribution >= 0.6 is 31.9 Å². The van der Waals surface area contributed by atoms with E-state index in [0.717, 1.165) is 6.07 Å². The third-order valence-electron chi connectivity index (χ3n) is 3.29. The van der Waals surface area contributed by atoms with Crippen molar-refractivity contribution in [3.05, 3.63) is 68.7 Å². The number of nitrogens with zero attached hydrogens (tertiary/aromatic N) is 3. The van der Waals surface area contributed by atoms with Gasteiger partial charge in [-0.1, -0.05) is 0 Å². The molecule has 9 heteroatoms. The molecule has 0 fully saturated rings. The second kappa shape index (κ2) is 7.76. The zero-order valence-corrected chi connectivity index (χ0v) is 16.1. The van der Waals surface area contributed by atoms with Gasteiger partial charge in [0.2, 0.25) is 5.95 Å². The summed E-state index contributed by atoms with van der Waals surface area (Å²) in [5.41, 5.74) is 1.14. The van der Waals surface area contributed by atoms with Crippen molar-refractivity contribution in [2.75, 3.05) is 10.6 Å². The molecule has 3 aromatic rings. The number of nitrogens with one attached hydrogen (secondary N) is 2. The van der Waals surface area contributed by atoms with Crippen molar-refractivity contribution in [2.45, 2.75) is 0 Å². The van der Waals surface area contributed by atoms with Gasteiger partial charge >= 0.3 is 0 Å². The quantitative estimate of drug-likeness (QED) is 0.373. The summed E-state index contributed by atoms with van der Waals surface area (Å²) in [5.74, 6) is -0.740. The van der Waals surface area contributed by atoms with Crippen LogP contribution in [0.4, 0.5) is 31.9 Å². The van der Waals surface area contributed by atoms with Gasteiger partial charge in [0.1, 0.15) is 11.6 Å². The molecule has 1 aromatic heterocycles. The summed E-state index contributed by atoms with van der Waals surface area (Å²) in [4.78, 5) is 8.30. The lowest BCUT2D eigenvalue weighted by molar-refractivity contribution is 0.592. The van der Waals surface area contributed by atoms with Gasteiger partial charge in [0.25, 0.3) is 0 Å². The maximum absolute atomic E-state index is 14.1. The summed E-state index contributed by atoms with van der Waals surface area (Å²) in [6.45, 7) is 0.